The molecule has 0 aromatic heterocycles. The molecule has 1 N–H and O–H groups in total. The Bertz CT molecular complexity index is 403. The molecule has 0 atom stereocenters. The van der Waals surface area contributed by atoms with E-state index in [0.29, 0.717) is 6.10 Å². The molecule has 2 rings (SSSR count). The Morgan fingerprint density at radius 1 is 1.04 bits per heavy atom. The Balaban J connectivity index is 1.69. The number of piperidine rings is 2. The Morgan fingerprint density at radius 3 is 2.41 bits per heavy atom. The van der Waals surface area contributed by atoms with Crippen LogP contribution < -0.4 is 5.32 Å². The van der Waals surface area contributed by atoms with Crippen LogP contribution in [0.5, 0.6) is 0 Å². The number of guanidine groups is 1. The molecule has 0 bridgehead atoms. The van der Waals surface area contributed by atoms with Crippen LogP contribution in [0, 0.1) is 5.92 Å². The highest BCUT2D eigenvalue weighted by molar-refractivity contribution is 5.80. The quantitative estimate of drug-likeness (QED) is 0.358. The molecule has 27 heavy (non-hydrogen) atoms. The van der Waals surface area contributed by atoms with E-state index < -0.39 is 0 Å². The summed E-state index contributed by atoms with van der Waals surface area (Å²) in [5, 5.41) is 3.49. The lowest BCUT2D eigenvalue weighted by molar-refractivity contribution is 0.00990. The zero-order valence-corrected chi connectivity index (χ0v) is 17.9. The highest BCUT2D eigenvalue weighted by atomic mass is 16.5. The third-order valence-corrected chi connectivity index (χ3v) is 5.88. The summed E-state index contributed by atoms with van der Waals surface area (Å²) < 4.78 is 11.1. The molecule has 0 spiro atoms. The van der Waals surface area contributed by atoms with Crippen molar-refractivity contribution in [1.29, 1.82) is 0 Å². The molecule has 2 aliphatic rings. The number of rotatable bonds is 10. The topological polar surface area (TPSA) is 49.3 Å². The van der Waals surface area contributed by atoms with Crippen LogP contribution in [0.3, 0.4) is 0 Å². The first-order valence-electron chi connectivity index (χ1n) is 11.1. The van der Waals surface area contributed by atoms with Gasteiger partial charge in [-0.2, -0.15) is 0 Å². The van der Waals surface area contributed by atoms with Gasteiger partial charge in [-0.05, 0) is 71.0 Å². The molecule has 0 aliphatic carbocycles. The predicted molar refractivity (Wildman–Crippen MR) is 112 cm³/mol. The van der Waals surface area contributed by atoms with Crippen molar-refractivity contribution in [1.82, 2.24) is 15.1 Å². The molecule has 2 heterocycles. The summed E-state index contributed by atoms with van der Waals surface area (Å²) in [6.07, 6.45) is 7.46. The first-order valence-corrected chi connectivity index (χ1v) is 11.1. The van der Waals surface area contributed by atoms with Crippen LogP contribution in [0.25, 0.3) is 0 Å². The molecular weight excluding hydrogens is 340 g/mol. The third kappa shape index (κ3) is 8.36. The second-order valence-corrected chi connectivity index (χ2v) is 7.81. The van der Waals surface area contributed by atoms with E-state index in [-0.39, 0.29) is 0 Å². The minimum absolute atomic E-state index is 0.393. The van der Waals surface area contributed by atoms with Gasteiger partial charge in [0.15, 0.2) is 5.96 Å². The molecule has 6 nitrogen and oxygen atoms in total. The van der Waals surface area contributed by atoms with Crippen molar-refractivity contribution in [3.63, 3.8) is 0 Å². The van der Waals surface area contributed by atoms with Crippen LogP contribution >= 0.6 is 0 Å². The van der Waals surface area contributed by atoms with E-state index in [1.165, 1.54) is 38.9 Å². The fourth-order valence-corrected chi connectivity index (χ4v) is 4.06. The maximum Gasteiger partial charge on any atom is 0.193 e. The molecular formula is C21H42N4O2. The molecule has 0 aromatic carbocycles. The van der Waals surface area contributed by atoms with E-state index in [9.17, 15) is 0 Å². The zero-order chi connectivity index (χ0) is 19.3. The molecule has 0 radical (unpaired) electrons. The average molecular weight is 383 g/mol. The molecule has 2 aliphatic heterocycles. The molecule has 0 saturated carbocycles. The Morgan fingerprint density at radius 2 is 1.78 bits per heavy atom. The van der Waals surface area contributed by atoms with Gasteiger partial charge in [0.2, 0.25) is 0 Å². The molecule has 0 aromatic rings. The van der Waals surface area contributed by atoms with Crippen molar-refractivity contribution in [2.24, 2.45) is 10.9 Å². The van der Waals surface area contributed by atoms with Crippen LogP contribution in [-0.2, 0) is 9.47 Å². The highest BCUT2D eigenvalue weighted by Crippen LogP contribution is 2.20. The maximum atomic E-state index is 5.98. The van der Waals surface area contributed by atoms with E-state index in [1.54, 1.807) is 7.11 Å². The van der Waals surface area contributed by atoms with Gasteiger partial charge < -0.3 is 24.6 Å². The number of methoxy groups -OCH3 is 1. The number of aliphatic imine (C=N–C) groups is 1. The van der Waals surface area contributed by atoms with E-state index in [1.807, 2.05) is 0 Å². The minimum Gasteiger partial charge on any atom is -0.385 e. The van der Waals surface area contributed by atoms with Gasteiger partial charge in [-0.1, -0.05) is 6.92 Å². The third-order valence-electron chi connectivity index (χ3n) is 5.88. The van der Waals surface area contributed by atoms with Crippen LogP contribution in [0.15, 0.2) is 4.99 Å². The second-order valence-electron chi connectivity index (χ2n) is 7.81. The van der Waals surface area contributed by atoms with Crippen molar-refractivity contribution < 1.29 is 9.47 Å². The van der Waals surface area contributed by atoms with Crippen molar-refractivity contribution in [2.45, 2.75) is 58.5 Å². The first-order chi connectivity index (χ1) is 13.3. The Kier molecular flexibility index (Phi) is 11.1. The Hall–Kier alpha value is -0.850. The summed E-state index contributed by atoms with van der Waals surface area (Å²) in [6, 6.07) is 0. The van der Waals surface area contributed by atoms with Gasteiger partial charge in [0.25, 0.3) is 0 Å². The van der Waals surface area contributed by atoms with E-state index in [0.717, 1.165) is 70.5 Å². The second kappa shape index (κ2) is 13.3. The van der Waals surface area contributed by atoms with Crippen LogP contribution in [-0.4, -0.2) is 88.0 Å². The first kappa shape index (κ1) is 22.4. The minimum atomic E-state index is 0.393. The van der Waals surface area contributed by atoms with Crippen molar-refractivity contribution >= 4 is 5.96 Å². The van der Waals surface area contributed by atoms with Gasteiger partial charge in [-0.25, -0.2) is 0 Å². The summed E-state index contributed by atoms with van der Waals surface area (Å²) in [6.45, 7) is 13.7. The largest absolute Gasteiger partial charge is 0.385 e. The lowest BCUT2D eigenvalue weighted by Gasteiger charge is -2.34. The van der Waals surface area contributed by atoms with Crippen molar-refractivity contribution in [2.75, 3.05) is 66.1 Å². The van der Waals surface area contributed by atoms with Crippen LogP contribution in [0.1, 0.15) is 52.4 Å². The van der Waals surface area contributed by atoms with Gasteiger partial charge in [0.05, 0.1) is 6.10 Å². The van der Waals surface area contributed by atoms with Gasteiger partial charge in [0, 0.05) is 46.5 Å². The van der Waals surface area contributed by atoms with Gasteiger partial charge in [-0.15, -0.1) is 0 Å². The van der Waals surface area contributed by atoms with E-state index in [4.69, 9.17) is 14.5 Å². The number of hydrogen-bond donors (Lipinski definition) is 1. The van der Waals surface area contributed by atoms with E-state index in [2.05, 4.69) is 29.0 Å². The van der Waals surface area contributed by atoms with E-state index >= 15 is 0 Å². The fourth-order valence-electron chi connectivity index (χ4n) is 4.06. The van der Waals surface area contributed by atoms with Crippen molar-refractivity contribution in [3.8, 4) is 0 Å². The summed E-state index contributed by atoms with van der Waals surface area (Å²) >= 11 is 0. The fraction of sp³-hybridized carbons (Fsp3) is 0.952. The lowest BCUT2D eigenvalue weighted by Crippen LogP contribution is -2.47. The van der Waals surface area contributed by atoms with Gasteiger partial charge >= 0.3 is 0 Å². The average Bonchev–Trinajstić information content (AvgIpc) is 2.71. The molecule has 0 amide bonds. The number of hydrogen-bond acceptors (Lipinski definition) is 4. The molecule has 2 saturated heterocycles. The van der Waals surface area contributed by atoms with Crippen LogP contribution in [0.2, 0.25) is 0 Å². The monoisotopic (exact) mass is 382 g/mol. The normalized spacial score (nSPS) is 21.0. The number of likely N-dealkylation sites (tertiary alicyclic amines) is 2. The zero-order valence-electron chi connectivity index (χ0n) is 17.9. The van der Waals surface area contributed by atoms with Gasteiger partial charge in [0.1, 0.15) is 0 Å². The SMILES string of the molecule is CCNC(=NCCC1CCN(CC)CC1)N1CCC(OCCCOC)CC1. The summed E-state index contributed by atoms with van der Waals surface area (Å²) in [4.78, 5) is 9.92. The smallest absolute Gasteiger partial charge is 0.193 e. The molecule has 158 valence electrons. The summed E-state index contributed by atoms with van der Waals surface area (Å²) in [7, 11) is 1.74. The number of ether oxygens (including phenoxy) is 2. The maximum absolute atomic E-state index is 5.98. The molecule has 0 unspecified atom stereocenters. The van der Waals surface area contributed by atoms with Crippen molar-refractivity contribution in [3.05, 3.63) is 0 Å². The number of nitrogens with zero attached hydrogens (tertiary/aromatic N) is 3. The lowest BCUT2D eigenvalue weighted by atomic mass is 9.94. The number of nitrogens with one attached hydrogen (secondary N) is 1. The highest BCUT2D eigenvalue weighted by Gasteiger charge is 2.22. The molecule has 2 fully saturated rings. The Labute approximate surface area is 166 Å². The molecule has 6 heteroatoms. The predicted octanol–water partition coefficient (Wildman–Crippen LogP) is 2.59. The van der Waals surface area contributed by atoms with Gasteiger partial charge in [-0.3, -0.25) is 4.99 Å². The summed E-state index contributed by atoms with van der Waals surface area (Å²) in [5.41, 5.74) is 0. The summed E-state index contributed by atoms with van der Waals surface area (Å²) in [5.74, 6) is 1.95. The standard InChI is InChI=1S/C21H42N4O2/c1-4-22-21(23-12-7-19-8-13-24(5-2)14-9-19)25-15-10-20(11-16-25)27-18-6-17-26-3/h19-20H,4-18H2,1-3H3,(H,22,23). The van der Waals surface area contributed by atoms with Crippen LogP contribution in [0.4, 0.5) is 0 Å².